The monoisotopic (exact) mass is 412 g/mol. The van der Waals surface area contributed by atoms with Gasteiger partial charge in [0, 0.05) is 19.6 Å². The summed E-state index contributed by atoms with van der Waals surface area (Å²) in [5.41, 5.74) is 1.86. The van der Waals surface area contributed by atoms with Gasteiger partial charge in [-0.3, -0.25) is 0 Å². The minimum Gasteiger partial charge on any atom is -0.395 e. The quantitative estimate of drug-likeness (QED) is 0.645. The molecule has 148 valence electrons. The number of nitrogens with zero attached hydrogens (tertiary/aromatic N) is 1. The Bertz CT molecular complexity index is 954. The van der Waals surface area contributed by atoms with Crippen LogP contribution in [0.3, 0.4) is 0 Å². The van der Waals surface area contributed by atoms with Crippen LogP contribution in [-0.4, -0.2) is 52.5 Å². The Morgan fingerprint density at radius 2 is 1.30 bits per heavy atom. The van der Waals surface area contributed by atoms with Gasteiger partial charge in [0.2, 0.25) is 20.0 Å². The van der Waals surface area contributed by atoms with Crippen LogP contribution in [-0.2, 0) is 20.0 Å². The number of aliphatic hydroxyl groups excluding tert-OH is 1. The average molecular weight is 413 g/mol. The van der Waals surface area contributed by atoms with Crippen molar-refractivity contribution < 1.29 is 21.9 Å². The van der Waals surface area contributed by atoms with Gasteiger partial charge in [0.1, 0.15) is 0 Å². The summed E-state index contributed by atoms with van der Waals surface area (Å²) >= 11 is 0. The summed E-state index contributed by atoms with van der Waals surface area (Å²) in [5, 5.41) is 9.21. The Morgan fingerprint density at radius 1 is 0.815 bits per heavy atom. The van der Waals surface area contributed by atoms with Gasteiger partial charge in [0.05, 0.1) is 16.4 Å². The van der Waals surface area contributed by atoms with Crippen LogP contribution in [0.5, 0.6) is 0 Å². The van der Waals surface area contributed by atoms with Gasteiger partial charge in [-0.1, -0.05) is 35.4 Å². The second-order valence-corrected chi connectivity index (χ2v) is 9.86. The van der Waals surface area contributed by atoms with Crippen LogP contribution in [0.2, 0.25) is 0 Å². The average Bonchev–Trinajstić information content (AvgIpc) is 2.61. The summed E-state index contributed by atoms with van der Waals surface area (Å²) in [7, 11) is -7.57. The highest BCUT2D eigenvalue weighted by Gasteiger charge is 2.24. The fourth-order valence-electron chi connectivity index (χ4n) is 2.43. The molecule has 2 aromatic rings. The lowest BCUT2D eigenvalue weighted by atomic mass is 10.2. The van der Waals surface area contributed by atoms with Gasteiger partial charge < -0.3 is 5.11 Å². The molecule has 0 heterocycles. The maximum absolute atomic E-state index is 12.7. The normalized spacial score (nSPS) is 12.4. The third-order valence-corrected chi connectivity index (χ3v) is 7.38. The predicted octanol–water partition coefficient (Wildman–Crippen LogP) is 1.26. The van der Waals surface area contributed by atoms with Crippen LogP contribution in [0, 0.1) is 13.8 Å². The van der Waals surface area contributed by atoms with E-state index >= 15 is 0 Å². The minimum absolute atomic E-state index is 0.0954. The lowest BCUT2D eigenvalue weighted by Gasteiger charge is -2.21. The van der Waals surface area contributed by atoms with Crippen LogP contribution in [0.1, 0.15) is 11.1 Å². The van der Waals surface area contributed by atoms with Crippen LogP contribution in [0.4, 0.5) is 0 Å². The van der Waals surface area contributed by atoms with Gasteiger partial charge in [0.15, 0.2) is 0 Å². The first-order valence-electron chi connectivity index (χ1n) is 8.41. The van der Waals surface area contributed by atoms with Gasteiger partial charge in [-0.05, 0) is 38.1 Å². The number of aryl methyl sites for hydroxylation is 2. The molecular weight excluding hydrogens is 388 g/mol. The maximum atomic E-state index is 12.7. The molecule has 0 bridgehead atoms. The summed E-state index contributed by atoms with van der Waals surface area (Å²) in [6.07, 6.45) is 0. The molecule has 27 heavy (non-hydrogen) atoms. The van der Waals surface area contributed by atoms with Crippen molar-refractivity contribution in [1.82, 2.24) is 9.03 Å². The molecule has 0 fully saturated rings. The van der Waals surface area contributed by atoms with E-state index in [4.69, 9.17) is 0 Å². The first-order valence-corrected chi connectivity index (χ1v) is 11.3. The molecule has 9 heteroatoms. The Balaban J connectivity index is 2.10. The van der Waals surface area contributed by atoms with Gasteiger partial charge in [0.25, 0.3) is 0 Å². The molecule has 0 radical (unpaired) electrons. The van der Waals surface area contributed by atoms with E-state index < -0.39 is 20.0 Å². The zero-order valence-electron chi connectivity index (χ0n) is 15.3. The molecule has 2 rings (SSSR count). The highest BCUT2D eigenvalue weighted by atomic mass is 32.2. The Labute approximate surface area is 160 Å². The molecule has 0 aromatic heterocycles. The standard InChI is InChI=1S/C18H24N2O5S2/c1-15-3-7-17(8-4-15)26(22,23)19-11-12-20(13-14-21)27(24,25)18-9-5-16(2)6-10-18/h3-10,19,21H,11-14H2,1-2H3. The minimum atomic E-state index is -3.83. The summed E-state index contributed by atoms with van der Waals surface area (Å²) in [4.78, 5) is 0.214. The summed E-state index contributed by atoms with van der Waals surface area (Å²) in [6.45, 7) is 3.01. The van der Waals surface area contributed by atoms with Crippen molar-refractivity contribution in [3.05, 3.63) is 59.7 Å². The molecular formula is C18H24N2O5S2. The van der Waals surface area contributed by atoms with E-state index in [0.717, 1.165) is 15.4 Å². The van der Waals surface area contributed by atoms with Crippen molar-refractivity contribution in [1.29, 1.82) is 0 Å². The van der Waals surface area contributed by atoms with Crippen molar-refractivity contribution in [3.8, 4) is 0 Å². The molecule has 2 N–H and O–H groups in total. The van der Waals surface area contributed by atoms with Gasteiger partial charge in [-0.25, -0.2) is 21.6 Å². The van der Waals surface area contributed by atoms with E-state index in [0.29, 0.717) is 0 Å². The molecule has 0 unspecified atom stereocenters. The summed E-state index contributed by atoms with van der Waals surface area (Å²) in [6, 6.07) is 12.7. The third-order valence-electron chi connectivity index (χ3n) is 3.99. The van der Waals surface area contributed by atoms with Crippen LogP contribution in [0.15, 0.2) is 58.3 Å². The fourth-order valence-corrected chi connectivity index (χ4v) is 4.88. The van der Waals surface area contributed by atoms with E-state index in [2.05, 4.69) is 4.72 Å². The van der Waals surface area contributed by atoms with E-state index in [1.165, 1.54) is 24.3 Å². The van der Waals surface area contributed by atoms with E-state index in [1.807, 2.05) is 13.8 Å². The third kappa shape index (κ3) is 5.60. The van der Waals surface area contributed by atoms with Gasteiger partial charge in [-0.2, -0.15) is 4.31 Å². The van der Waals surface area contributed by atoms with Crippen molar-refractivity contribution in [2.75, 3.05) is 26.2 Å². The fraction of sp³-hybridized carbons (Fsp3) is 0.333. The van der Waals surface area contributed by atoms with Crippen LogP contribution in [0.25, 0.3) is 0 Å². The molecule has 0 aliphatic rings. The zero-order valence-corrected chi connectivity index (χ0v) is 16.9. The Morgan fingerprint density at radius 3 is 1.78 bits per heavy atom. The van der Waals surface area contributed by atoms with Gasteiger partial charge >= 0.3 is 0 Å². The molecule has 7 nitrogen and oxygen atoms in total. The maximum Gasteiger partial charge on any atom is 0.243 e. The molecule has 0 spiro atoms. The lowest BCUT2D eigenvalue weighted by Crippen LogP contribution is -2.40. The zero-order chi connectivity index (χ0) is 20.1. The number of nitrogens with one attached hydrogen (secondary N) is 1. The number of benzene rings is 2. The second kappa shape index (κ2) is 8.94. The summed E-state index contributed by atoms with van der Waals surface area (Å²) < 4.78 is 53.6. The Hall–Kier alpha value is -1.78. The van der Waals surface area contributed by atoms with Crippen LogP contribution >= 0.6 is 0 Å². The molecule has 2 aromatic carbocycles. The van der Waals surface area contributed by atoms with Crippen molar-refractivity contribution in [3.63, 3.8) is 0 Å². The first kappa shape index (κ1) is 21.5. The van der Waals surface area contributed by atoms with E-state index in [1.54, 1.807) is 24.3 Å². The Kier molecular flexibility index (Phi) is 7.12. The largest absolute Gasteiger partial charge is 0.395 e. The van der Waals surface area contributed by atoms with Crippen molar-refractivity contribution in [2.24, 2.45) is 0 Å². The molecule has 0 amide bonds. The molecule has 0 saturated heterocycles. The van der Waals surface area contributed by atoms with E-state index in [-0.39, 0.29) is 36.0 Å². The number of hydrogen-bond acceptors (Lipinski definition) is 5. The highest BCUT2D eigenvalue weighted by molar-refractivity contribution is 7.89. The van der Waals surface area contributed by atoms with Crippen molar-refractivity contribution in [2.45, 2.75) is 23.6 Å². The molecule has 0 aliphatic heterocycles. The first-order chi connectivity index (χ1) is 12.7. The number of rotatable bonds is 9. The smallest absolute Gasteiger partial charge is 0.243 e. The topological polar surface area (TPSA) is 104 Å². The molecule has 0 aliphatic carbocycles. The van der Waals surface area contributed by atoms with E-state index in [9.17, 15) is 21.9 Å². The van der Waals surface area contributed by atoms with Crippen LogP contribution < -0.4 is 4.72 Å². The van der Waals surface area contributed by atoms with Gasteiger partial charge in [-0.15, -0.1) is 0 Å². The molecule has 0 atom stereocenters. The SMILES string of the molecule is Cc1ccc(S(=O)(=O)NCCN(CCO)S(=O)(=O)c2ccc(C)cc2)cc1. The lowest BCUT2D eigenvalue weighted by molar-refractivity contribution is 0.254. The highest BCUT2D eigenvalue weighted by Crippen LogP contribution is 2.16. The van der Waals surface area contributed by atoms with Crippen molar-refractivity contribution >= 4 is 20.0 Å². The second-order valence-electron chi connectivity index (χ2n) is 6.15. The predicted molar refractivity (Wildman–Crippen MR) is 103 cm³/mol. The molecule has 0 saturated carbocycles. The number of aliphatic hydroxyl groups is 1. The number of hydrogen-bond donors (Lipinski definition) is 2. The number of sulfonamides is 2. The summed E-state index contributed by atoms with van der Waals surface area (Å²) in [5.74, 6) is 0.